The number of nitrogens with two attached hydrogens (primary N) is 1. The number of rotatable bonds is 6. The summed E-state index contributed by atoms with van der Waals surface area (Å²) in [5.41, 5.74) is 5.74. The maximum absolute atomic E-state index is 11.9. The third-order valence-electron chi connectivity index (χ3n) is 3.42. The molecule has 3 N–H and O–H groups in total. The molecule has 4 nitrogen and oxygen atoms in total. The van der Waals surface area contributed by atoms with Crippen molar-refractivity contribution < 1.29 is 4.79 Å². The van der Waals surface area contributed by atoms with Gasteiger partial charge in [-0.3, -0.25) is 9.69 Å². The number of nitrogens with zero attached hydrogens (tertiary/aromatic N) is 1. The van der Waals surface area contributed by atoms with Crippen molar-refractivity contribution in [3.05, 3.63) is 0 Å². The Morgan fingerprint density at radius 1 is 1.56 bits per heavy atom. The van der Waals surface area contributed by atoms with E-state index in [1.165, 1.54) is 0 Å². The lowest BCUT2D eigenvalue weighted by Crippen LogP contribution is -2.51. The maximum atomic E-state index is 11.9. The number of likely N-dealkylation sites (tertiary alicyclic amines) is 1. The molecule has 1 heterocycles. The van der Waals surface area contributed by atoms with E-state index in [9.17, 15) is 4.79 Å². The summed E-state index contributed by atoms with van der Waals surface area (Å²) in [6, 6.07) is 0.344. The number of thiocarbonyl (C=S) groups is 1. The Balaban J connectivity index is 2.43. The van der Waals surface area contributed by atoms with Gasteiger partial charge in [-0.2, -0.15) is 0 Å². The second-order valence-corrected chi connectivity index (χ2v) is 5.61. The SMILES string of the molecule is CCCC(C)NC(=O)CN1CCCCC1C(N)=S. The monoisotopic (exact) mass is 271 g/mol. The van der Waals surface area contributed by atoms with Crippen LogP contribution in [0.3, 0.4) is 0 Å². The molecule has 5 heteroatoms. The van der Waals surface area contributed by atoms with Crippen LogP contribution in [0.4, 0.5) is 0 Å². The number of nitrogens with one attached hydrogen (secondary N) is 1. The average Bonchev–Trinajstić information content (AvgIpc) is 2.29. The predicted octanol–water partition coefficient (Wildman–Crippen LogP) is 1.43. The molecule has 0 saturated carbocycles. The Bertz CT molecular complexity index is 296. The second-order valence-electron chi connectivity index (χ2n) is 5.14. The average molecular weight is 271 g/mol. The highest BCUT2D eigenvalue weighted by Crippen LogP contribution is 2.16. The molecule has 2 atom stereocenters. The summed E-state index contributed by atoms with van der Waals surface area (Å²) in [7, 11) is 0. The van der Waals surface area contributed by atoms with Crippen molar-refractivity contribution in [1.82, 2.24) is 10.2 Å². The highest BCUT2D eigenvalue weighted by atomic mass is 32.1. The molecule has 0 aromatic rings. The van der Waals surface area contributed by atoms with Crippen molar-refractivity contribution in [2.24, 2.45) is 5.73 Å². The Kier molecular flexibility index (Phi) is 6.57. The lowest BCUT2D eigenvalue weighted by Gasteiger charge is -2.34. The van der Waals surface area contributed by atoms with Gasteiger partial charge in [0.2, 0.25) is 5.91 Å². The molecule has 0 aromatic carbocycles. The van der Waals surface area contributed by atoms with Crippen LogP contribution in [0.25, 0.3) is 0 Å². The van der Waals surface area contributed by atoms with Crippen LogP contribution in [-0.4, -0.2) is 41.0 Å². The van der Waals surface area contributed by atoms with E-state index in [1.54, 1.807) is 0 Å². The van der Waals surface area contributed by atoms with Crippen LogP contribution >= 0.6 is 12.2 Å². The molecular formula is C13H25N3OS. The zero-order valence-corrected chi connectivity index (χ0v) is 12.3. The van der Waals surface area contributed by atoms with E-state index in [2.05, 4.69) is 17.1 Å². The van der Waals surface area contributed by atoms with Crippen LogP contribution in [0.15, 0.2) is 0 Å². The van der Waals surface area contributed by atoms with E-state index in [0.29, 0.717) is 11.5 Å². The van der Waals surface area contributed by atoms with E-state index in [-0.39, 0.29) is 18.0 Å². The largest absolute Gasteiger partial charge is 0.392 e. The molecule has 1 fully saturated rings. The van der Waals surface area contributed by atoms with E-state index < -0.39 is 0 Å². The molecule has 104 valence electrons. The quantitative estimate of drug-likeness (QED) is 0.718. The summed E-state index contributed by atoms with van der Waals surface area (Å²) in [6.45, 7) is 5.49. The minimum atomic E-state index is 0.0825. The fraction of sp³-hybridized carbons (Fsp3) is 0.846. The van der Waals surface area contributed by atoms with Gasteiger partial charge in [0.15, 0.2) is 0 Å². The van der Waals surface area contributed by atoms with E-state index >= 15 is 0 Å². The van der Waals surface area contributed by atoms with Crippen molar-refractivity contribution in [2.45, 2.75) is 58.0 Å². The zero-order valence-electron chi connectivity index (χ0n) is 11.4. The molecule has 0 spiro atoms. The highest BCUT2D eigenvalue weighted by Gasteiger charge is 2.26. The molecule has 2 unspecified atom stereocenters. The molecule has 18 heavy (non-hydrogen) atoms. The van der Waals surface area contributed by atoms with Crippen LogP contribution in [0.1, 0.15) is 46.0 Å². The van der Waals surface area contributed by atoms with Gasteiger partial charge in [0.25, 0.3) is 0 Å². The fourth-order valence-electron chi connectivity index (χ4n) is 2.51. The Morgan fingerprint density at radius 3 is 2.89 bits per heavy atom. The third-order valence-corrected chi connectivity index (χ3v) is 3.69. The molecule has 0 bridgehead atoms. The van der Waals surface area contributed by atoms with Gasteiger partial charge in [0.1, 0.15) is 0 Å². The second kappa shape index (κ2) is 7.69. The van der Waals surface area contributed by atoms with Crippen molar-refractivity contribution in [3.8, 4) is 0 Å². The van der Waals surface area contributed by atoms with Crippen LogP contribution < -0.4 is 11.1 Å². The van der Waals surface area contributed by atoms with Crippen LogP contribution in [0.2, 0.25) is 0 Å². The molecule has 1 aliphatic rings. The zero-order chi connectivity index (χ0) is 13.5. The summed E-state index contributed by atoms with van der Waals surface area (Å²) in [4.78, 5) is 14.6. The summed E-state index contributed by atoms with van der Waals surface area (Å²) in [5.74, 6) is 0.0825. The number of carbonyl (C=O) groups is 1. The van der Waals surface area contributed by atoms with Gasteiger partial charge in [0.05, 0.1) is 17.6 Å². The summed E-state index contributed by atoms with van der Waals surface area (Å²) >= 11 is 5.08. The van der Waals surface area contributed by atoms with Gasteiger partial charge in [-0.05, 0) is 32.7 Å². The van der Waals surface area contributed by atoms with Crippen LogP contribution in [-0.2, 0) is 4.79 Å². The molecule has 1 saturated heterocycles. The van der Waals surface area contributed by atoms with Gasteiger partial charge < -0.3 is 11.1 Å². The smallest absolute Gasteiger partial charge is 0.234 e. The Hall–Kier alpha value is -0.680. The lowest BCUT2D eigenvalue weighted by atomic mass is 10.0. The van der Waals surface area contributed by atoms with Gasteiger partial charge >= 0.3 is 0 Å². The summed E-state index contributed by atoms with van der Waals surface area (Å²) < 4.78 is 0. The molecule has 0 radical (unpaired) electrons. The molecule has 0 aliphatic carbocycles. The number of carbonyl (C=O) groups excluding carboxylic acids is 1. The standard InChI is InChI=1S/C13H25N3OS/c1-3-6-10(2)15-12(17)9-16-8-5-4-7-11(16)13(14)18/h10-11H,3-9H2,1-2H3,(H2,14,18)(H,15,17). The molecule has 1 rings (SSSR count). The van der Waals surface area contributed by atoms with Gasteiger partial charge in [-0.25, -0.2) is 0 Å². The van der Waals surface area contributed by atoms with E-state index in [1.807, 2.05) is 6.92 Å². The Morgan fingerprint density at radius 2 is 2.28 bits per heavy atom. The van der Waals surface area contributed by atoms with Crippen molar-refractivity contribution >= 4 is 23.1 Å². The van der Waals surface area contributed by atoms with E-state index in [4.69, 9.17) is 18.0 Å². The first-order valence-corrected chi connectivity index (χ1v) is 7.28. The normalized spacial score (nSPS) is 22.4. The number of amides is 1. The maximum Gasteiger partial charge on any atom is 0.234 e. The van der Waals surface area contributed by atoms with Crippen LogP contribution in [0, 0.1) is 0 Å². The first kappa shape index (κ1) is 15.4. The number of hydrogen-bond donors (Lipinski definition) is 2. The van der Waals surface area contributed by atoms with Crippen LogP contribution in [0.5, 0.6) is 0 Å². The van der Waals surface area contributed by atoms with Crippen molar-refractivity contribution in [1.29, 1.82) is 0 Å². The molecular weight excluding hydrogens is 246 g/mol. The topological polar surface area (TPSA) is 58.4 Å². The van der Waals surface area contributed by atoms with Gasteiger partial charge in [-0.15, -0.1) is 0 Å². The number of piperidine rings is 1. The fourth-order valence-corrected chi connectivity index (χ4v) is 2.78. The summed E-state index contributed by atoms with van der Waals surface area (Å²) in [6.07, 6.45) is 5.35. The minimum Gasteiger partial charge on any atom is -0.392 e. The molecule has 0 aromatic heterocycles. The van der Waals surface area contributed by atoms with E-state index in [0.717, 1.165) is 38.6 Å². The third kappa shape index (κ3) is 4.90. The first-order valence-electron chi connectivity index (χ1n) is 6.87. The first-order chi connectivity index (χ1) is 8.54. The number of hydrogen-bond acceptors (Lipinski definition) is 3. The van der Waals surface area contributed by atoms with Crippen molar-refractivity contribution in [3.63, 3.8) is 0 Å². The van der Waals surface area contributed by atoms with Gasteiger partial charge in [-0.1, -0.05) is 32.0 Å². The van der Waals surface area contributed by atoms with Gasteiger partial charge in [0, 0.05) is 6.04 Å². The molecule has 1 aliphatic heterocycles. The highest BCUT2D eigenvalue weighted by molar-refractivity contribution is 7.80. The lowest BCUT2D eigenvalue weighted by molar-refractivity contribution is -0.123. The minimum absolute atomic E-state index is 0.0825. The predicted molar refractivity (Wildman–Crippen MR) is 78.5 cm³/mol. The summed E-state index contributed by atoms with van der Waals surface area (Å²) in [5, 5.41) is 3.02. The molecule has 1 amide bonds. The van der Waals surface area contributed by atoms with Crippen molar-refractivity contribution in [2.75, 3.05) is 13.1 Å². The Labute approximate surface area is 115 Å².